The van der Waals surface area contributed by atoms with Crippen molar-refractivity contribution in [2.24, 2.45) is 0 Å². The lowest BCUT2D eigenvalue weighted by molar-refractivity contribution is 0.0664. The summed E-state index contributed by atoms with van der Waals surface area (Å²) in [6.45, 7) is 0.239. The monoisotopic (exact) mass is 331 g/mol. The Kier molecular flexibility index (Phi) is 4.34. The number of rotatable bonds is 5. The minimum absolute atomic E-state index is 0.239. The molecule has 0 saturated carbocycles. The highest BCUT2D eigenvalue weighted by molar-refractivity contribution is 7.99. The lowest BCUT2D eigenvalue weighted by Crippen LogP contribution is -2.31. The number of fused-ring (bicyclic) bond motifs is 1. The molecule has 118 valence electrons. The zero-order chi connectivity index (χ0) is 16.4. The molecule has 2 aromatic rings. The van der Waals surface area contributed by atoms with E-state index in [0.29, 0.717) is 27.5 Å². The van der Waals surface area contributed by atoms with E-state index >= 15 is 0 Å². The molecule has 1 aliphatic rings. The summed E-state index contributed by atoms with van der Waals surface area (Å²) in [6.07, 6.45) is 0. The quantitative estimate of drug-likeness (QED) is 0.623. The zero-order valence-corrected chi connectivity index (χ0v) is 13.2. The number of nitrogens with zero attached hydrogens (tertiary/aromatic N) is 1. The number of halogens is 1. The molecule has 6 heteroatoms. The van der Waals surface area contributed by atoms with Crippen LogP contribution in [-0.2, 0) is 0 Å². The van der Waals surface area contributed by atoms with Crippen molar-refractivity contribution in [3.05, 3.63) is 59.4 Å². The lowest BCUT2D eigenvalue weighted by atomic mass is 10.1. The summed E-state index contributed by atoms with van der Waals surface area (Å²) < 4.78 is 18.8. The van der Waals surface area contributed by atoms with Crippen molar-refractivity contribution in [2.45, 2.75) is 4.90 Å². The molecule has 3 rings (SSSR count). The zero-order valence-electron chi connectivity index (χ0n) is 12.4. The van der Waals surface area contributed by atoms with Gasteiger partial charge in [0, 0.05) is 23.3 Å². The molecule has 2 amide bonds. The smallest absolute Gasteiger partial charge is 0.261 e. The lowest BCUT2D eigenvalue weighted by Gasteiger charge is -2.13. The van der Waals surface area contributed by atoms with E-state index in [1.807, 2.05) is 0 Å². The number of amides is 2. The molecule has 23 heavy (non-hydrogen) atoms. The fraction of sp³-hybridized carbons (Fsp3) is 0.176. The molecular formula is C17H14FNO3S. The fourth-order valence-corrected chi connectivity index (χ4v) is 3.27. The molecular weight excluding hydrogens is 317 g/mol. The summed E-state index contributed by atoms with van der Waals surface area (Å²) in [7, 11) is 1.48. The van der Waals surface area contributed by atoms with Crippen molar-refractivity contribution in [1.82, 2.24) is 4.90 Å². The van der Waals surface area contributed by atoms with Crippen LogP contribution in [0.3, 0.4) is 0 Å². The minimum atomic E-state index is -0.378. The normalized spacial score (nSPS) is 13.4. The predicted molar refractivity (Wildman–Crippen MR) is 85.5 cm³/mol. The van der Waals surface area contributed by atoms with E-state index in [1.54, 1.807) is 36.4 Å². The molecule has 0 radical (unpaired) electrons. The second-order valence-corrected chi connectivity index (χ2v) is 6.09. The van der Waals surface area contributed by atoms with Gasteiger partial charge in [0.2, 0.25) is 0 Å². The van der Waals surface area contributed by atoms with Gasteiger partial charge in [0.05, 0.1) is 18.2 Å². The second kappa shape index (κ2) is 6.42. The van der Waals surface area contributed by atoms with Gasteiger partial charge in [-0.15, -0.1) is 11.8 Å². The van der Waals surface area contributed by atoms with Gasteiger partial charge in [-0.1, -0.05) is 12.1 Å². The maximum atomic E-state index is 13.9. The number of hydrogen-bond donors (Lipinski definition) is 0. The summed E-state index contributed by atoms with van der Waals surface area (Å²) in [5, 5.41) is 0. The maximum Gasteiger partial charge on any atom is 0.261 e. The van der Waals surface area contributed by atoms with E-state index in [9.17, 15) is 14.0 Å². The van der Waals surface area contributed by atoms with Crippen LogP contribution in [0.2, 0.25) is 0 Å². The van der Waals surface area contributed by atoms with Gasteiger partial charge in [0.25, 0.3) is 11.8 Å². The Hall–Kier alpha value is -2.34. The van der Waals surface area contributed by atoms with Gasteiger partial charge in [-0.3, -0.25) is 14.5 Å². The summed E-state index contributed by atoms with van der Waals surface area (Å²) >= 11 is 1.26. The molecule has 0 aromatic heterocycles. The molecule has 1 heterocycles. The standard InChI is InChI=1S/C17H14FNO3S/c1-22-11-6-7-15(14(18)10-11)23-9-8-19-16(20)12-4-2-3-5-13(12)17(19)21/h2-7,10H,8-9H2,1H3. The van der Waals surface area contributed by atoms with E-state index in [-0.39, 0.29) is 24.2 Å². The van der Waals surface area contributed by atoms with Crippen molar-refractivity contribution in [3.8, 4) is 5.75 Å². The molecule has 4 nitrogen and oxygen atoms in total. The first-order valence-corrected chi connectivity index (χ1v) is 8.02. The van der Waals surface area contributed by atoms with Crippen LogP contribution in [0.1, 0.15) is 20.7 Å². The third-order valence-electron chi connectivity index (χ3n) is 3.59. The first-order chi connectivity index (χ1) is 11.1. The number of imide groups is 1. The molecule has 0 N–H and O–H groups in total. The number of ether oxygens (including phenoxy) is 1. The van der Waals surface area contributed by atoms with E-state index in [2.05, 4.69) is 0 Å². The molecule has 0 atom stereocenters. The van der Waals surface area contributed by atoms with Crippen molar-refractivity contribution in [3.63, 3.8) is 0 Å². The number of hydrogen-bond acceptors (Lipinski definition) is 4. The van der Waals surface area contributed by atoms with Crippen LogP contribution in [-0.4, -0.2) is 36.1 Å². The Morgan fingerprint density at radius 3 is 2.30 bits per heavy atom. The second-order valence-electron chi connectivity index (χ2n) is 4.95. The Morgan fingerprint density at radius 2 is 1.74 bits per heavy atom. The maximum absolute atomic E-state index is 13.9. The Labute approximate surface area is 137 Å². The minimum Gasteiger partial charge on any atom is -0.497 e. The third-order valence-corrected chi connectivity index (χ3v) is 4.62. The van der Waals surface area contributed by atoms with Gasteiger partial charge in [-0.2, -0.15) is 0 Å². The Morgan fingerprint density at radius 1 is 1.09 bits per heavy atom. The largest absolute Gasteiger partial charge is 0.497 e. The van der Waals surface area contributed by atoms with E-state index in [1.165, 1.54) is 29.8 Å². The number of methoxy groups -OCH3 is 1. The summed E-state index contributed by atoms with van der Waals surface area (Å²) in [5.41, 5.74) is 0.858. The average Bonchev–Trinajstić information content (AvgIpc) is 2.81. The van der Waals surface area contributed by atoms with Crippen LogP contribution in [0.25, 0.3) is 0 Å². The molecule has 0 bridgehead atoms. The van der Waals surface area contributed by atoms with Gasteiger partial charge in [-0.25, -0.2) is 4.39 Å². The van der Waals surface area contributed by atoms with E-state index < -0.39 is 0 Å². The van der Waals surface area contributed by atoms with E-state index in [0.717, 1.165) is 0 Å². The van der Waals surface area contributed by atoms with Gasteiger partial charge < -0.3 is 4.74 Å². The van der Waals surface area contributed by atoms with Gasteiger partial charge in [-0.05, 0) is 24.3 Å². The molecule has 0 aliphatic carbocycles. The Bertz CT molecular complexity index is 743. The topological polar surface area (TPSA) is 46.6 Å². The highest BCUT2D eigenvalue weighted by Gasteiger charge is 2.34. The predicted octanol–water partition coefficient (Wildman–Crippen LogP) is 3.22. The van der Waals surface area contributed by atoms with Crippen molar-refractivity contribution in [1.29, 1.82) is 0 Å². The van der Waals surface area contributed by atoms with Crippen LogP contribution in [0.15, 0.2) is 47.4 Å². The fourth-order valence-electron chi connectivity index (χ4n) is 2.41. The molecule has 0 saturated heterocycles. The molecule has 0 spiro atoms. The molecule has 0 unspecified atom stereocenters. The number of carbonyl (C=O) groups is 2. The van der Waals surface area contributed by atoms with E-state index in [4.69, 9.17) is 4.74 Å². The molecule has 2 aromatic carbocycles. The van der Waals surface area contributed by atoms with Crippen LogP contribution in [0, 0.1) is 5.82 Å². The van der Waals surface area contributed by atoms with Crippen LogP contribution in [0.5, 0.6) is 5.75 Å². The first kappa shape index (κ1) is 15.6. The van der Waals surface area contributed by atoms with Gasteiger partial charge in [0.15, 0.2) is 0 Å². The molecule has 1 aliphatic heterocycles. The van der Waals surface area contributed by atoms with Crippen molar-refractivity contribution < 1.29 is 18.7 Å². The number of thioether (sulfide) groups is 1. The van der Waals surface area contributed by atoms with Crippen LogP contribution in [0.4, 0.5) is 4.39 Å². The summed E-state index contributed by atoms with van der Waals surface area (Å²) in [6, 6.07) is 11.4. The van der Waals surface area contributed by atoms with Crippen molar-refractivity contribution >= 4 is 23.6 Å². The van der Waals surface area contributed by atoms with Gasteiger partial charge in [0.1, 0.15) is 11.6 Å². The summed E-state index contributed by atoms with van der Waals surface area (Å²) in [5.74, 6) is -0.0824. The van der Waals surface area contributed by atoms with Crippen LogP contribution >= 0.6 is 11.8 Å². The first-order valence-electron chi connectivity index (χ1n) is 7.03. The molecule has 0 fully saturated rings. The number of carbonyl (C=O) groups excluding carboxylic acids is 2. The highest BCUT2D eigenvalue weighted by Crippen LogP contribution is 2.27. The SMILES string of the molecule is COc1ccc(SCCN2C(=O)c3ccccc3C2=O)c(F)c1. The third kappa shape index (κ3) is 2.94. The summed E-state index contributed by atoms with van der Waals surface area (Å²) in [4.78, 5) is 26.1. The average molecular weight is 331 g/mol. The van der Waals surface area contributed by atoms with Crippen molar-refractivity contribution in [2.75, 3.05) is 19.4 Å². The van der Waals surface area contributed by atoms with Crippen LogP contribution < -0.4 is 4.74 Å². The highest BCUT2D eigenvalue weighted by atomic mass is 32.2. The van der Waals surface area contributed by atoms with Gasteiger partial charge >= 0.3 is 0 Å². The number of benzene rings is 2. The Balaban J connectivity index is 1.64.